The second-order valence-corrected chi connectivity index (χ2v) is 5.79. The van der Waals surface area contributed by atoms with Crippen molar-refractivity contribution >= 4 is 5.78 Å². The van der Waals surface area contributed by atoms with Crippen LogP contribution in [0.2, 0.25) is 0 Å². The summed E-state index contributed by atoms with van der Waals surface area (Å²) in [6, 6.07) is 0. The van der Waals surface area contributed by atoms with Gasteiger partial charge in [-0.1, -0.05) is 20.3 Å². The highest BCUT2D eigenvalue weighted by molar-refractivity contribution is 5.90. The first-order valence-corrected chi connectivity index (χ1v) is 5.66. The average Bonchev–Trinajstić information content (AvgIpc) is 2.63. The van der Waals surface area contributed by atoms with Gasteiger partial charge in [0.05, 0.1) is 0 Å². The molecular weight excluding hydrogens is 160 g/mol. The molecule has 0 unspecified atom stereocenters. The van der Waals surface area contributed by atoms with Crippen molar-refractivity contribution in [1.29, 1.82) is 0 Å². The van der Waals surface area contributed by atoms with Crippen LogP contribution in [-0.4, -0.2) is 5.78 Å². The molecule has 1 nitrogen and oxygen atoms in total. The van der Waals surface area contributed by atoms with E-state index in [9.17, 15) is 4.79 Å². The molecule has 2 bridgehead atoms. The third-order valence-electron chi connectivity index (χ3n) is 5.07. The monoisotopic (exact) mass is 178 g/mol. The number of hydrogen-bond donors (Lipinski definition) is 0. The largest absolute Gasteiger partial charge is 0.299 e. The first kappa shape index (κ1) is 8.02. The summed E-state index contributed by atoms with van der Waals surface area (Å²) in [5.41, 5.74) is 0.0240. The summed E-state index contributed by atoms with van der Waals surface area (Å²) >= 11 is 0. The predicted octanol–water partition coefficient (Wildman–Crippen LogP) is 2.65. The molecule has 3 fully saturated rings. The Kier molecular flexibility index (Phi) is 1.35. The SMILES string of the molecule is CC1(C)C(=O)[C@@H]2C[C@H]1[C@H]1CCC[C@H]12. The van der Waals surface area contributed by atoms with Gasteiger partial charge in [0, 0.05) is 11.3 Å². The Bertz CT molecular complexity index is 266. The molecule has 0 aromatic heterocycles. The molecule has 4 atom stereocenters. The molecule has 0 spiro atoms. The Morgan fingerprint density at radius 2 is 1.92 bits per heavy atom. The highest BCUT2D eigenvalue weighted by Gasteiger charge is 2.62. The van der Waals surface area contributed by atoms with Crippen molar-refractivity contribution in [2.24, 2.45) is 29.1 Å². The summed E-state index contributed by atoms with van der Waals surface area (Å²) < 4.78 is 0. The maximum Gasteiger partial charge on any atom is 0.142 e. The van der Waals surface area contributed by atoms with Crippen LogP contribution in [0.3, 0.4) is 0 Å². The first-order valence-electron chi connectivity index (χ1n) is 5.66. The standard InChI is InChI=1S/C12H18O/c1-12(2)10-6-9(11(12)13)7-4-3-5-8(7)10/h7-10H,3-6H2,1-2H3/t7-,8+,9-,10+/m1/s1. The van der Waals surface area contributed by atoms with Crippen LogP contribution in [0, 0.1) is 29.1 Å². The molecule has 0 amide bonds. The zero-order valence-electron chi connectivity index (χ0n) is 8.55. The third kappa shape index (κ3) is 0.769. The summed E-state index contributed by atoms with van der Waals surface area (Å²) in [6.07, 6.45) is 5.35. The molecule has 0 saturated heterocycles. The molecule has 3 aliphatic rings. The van der Waals surface area contributed by atoms with Crippen molar-refractivity contribution in [3.63, 3.8) is 0 Å². The van der Waals surface area contributed by atoms with Crippen LogP contribution in [0.15, 0.2) is 0 Å². The van der Waals surface area contributed by atoms with E-state index in [1.54, 1.807) is 0 Å². The van der Waals surface area contributed by atoms with Crippen LogP contribution >= 0.6 is 0 Å². The van der Waals surface area contributed by atoms with Gasteiger partial charge < -0.3 is 0 Å². The fourth-order valence-corrected chi connectivity index (χ4v) is 4.43. The normalized spacial score (nSPS) is 51.4. The second kappa shape index (κ2) is 2.18. The number of fused-ring (bicyclic) bond motifs is 5. The number of ketones is 1. The summed E-state index contributed by atoms with van der Waals surface area (Å²) in [6.45, 7) is 4.35. The van der Waals surface area contributed by atoms with E-state index in [4.69, 9.17) is 0 Å². The molecule has 0 aliphatic heterocycles. The van der Waals surface area contributed by atoms with Gasteiger partial charge in [0.15, 0.2) is 0 Å². The molecule has 72 valence electrons. The lowest BCUT2D eigenvalue weighted by Crippen LogP contribution is -2.38. The lowest BCUT2D eigenvalue weighted by atomic mass is 9.67. The minimum atomic E-state index is 0.0240. The fourth-order valence-electron chi connectivity index (χ4n) is 4.43. The van der Waals surface area contributed by atoms with Crippen molar-refractivity contribution in [2.45, 2.75) is 39.5 Å². The highest BCUT2D eigenvalue weighted by Crippen LogP contribution is 2.63. The number of carbonyl (C=O) groups is 1. The summed E-state index contributed by atoms with van der Waals surface area (Å²) in [5, 5.41) is 0. The van der Waals surface area contributed by atoms with Crippen LogP contribution in [-0.2, 0) is 4.79 Å². The molecule has 3 aliphatic carbocycles. The van der Waals surface area contributed by atoms with Crippen LogP contribution < -0.4 is 0 Å². The smallest absolute Gasteiger partial charge is 0.142 e. The summed E-state index contributed by atoms with van der Waals surface area (Å²) in [4.78, 5) is 12.0. The van der Waals surface area contributed by atoms with Crippen molar-refractivity contribution in [1.82, 2.24) is 0 Å². The van der Waals surface area contributed by atoms with Crippen molar-refractivity contribution < 1.29 is 4.79 Å². The van der Waals surface area contributed by atoms with Crippen molar-refractivity contribution in [3.8, 4) is 0 Å². The highest BCUT2D eigenvalue weighted by atomic mass is 16.1. The van der Waals surface area contributed by atoms with E-state index in [1.807, 2.05) is 0 Å². The molecule has 0 aromatic rings. The first-order chi connectivity index (χ1) is 6.12. The van der Waals surface area contributed by atoms with Gasteiger partial charge >= 0.3 is 0 Å². The average molecular weight is 178 g/mol. The van der Waals surface area contributed by atoms with Gasteiger partial charge in [-0.2, -0.15) is 0 Å². The van der Waals surface area contributed by atoms with E-state index < -0.39 is 0 Å². The van der Waals surface area contributed by atoms with Crippen LogP contribution in [0.4, 0.5) is 0 Å². The predicted molar refractivity (Wildman–Crippen MR) is 51.2 cm³/mol. The Morgan fingerprint density at radius 3 is 2.69 bits per heavy atom. The van der Waals surface area contributed by atoms with E-state index >= 15 is 0 Å². The van der Waals surface area contributed by atoms with Gasteiger partial charge in [-0.15, -0.1) is 0 Å². The maximum absolute atomic E-state index is 12.0. The lowest BCUT2D eigenvalue weighted by Gasteiger charge is -2.36. The topological polar surface area (TPSA) is 17.1 Å². The van der Waals surface area contributed by atoms with Gasteiger partial charge in [0.1, 0.15) is 5.78 Å². The third-order valence-corrected chi connectivity index (χ3v) is 5.07. The van der Waals surface area contributed by atoms with E-state index in [1.165, 1.54) is 25.7 Å². The second-order valence-electron chi connectivity index (χ2n) is 5.79. The molecule has 1 heteroatoms. The minimum Gasteiger partial charge on any atom is -0.299 e. The van der Waals surface area contributed by atoms with Gasteiger partial charge in [-0.25, -0.2) is 0 Å². The van der Waals surface area contributed by atoms with Crippen LogP contribution in [0.5, 0.6) is 0 Å². The molecule has 0 N–H and O–H groups in total. The Morgan fingerprint density at radius 1 is 1.23 bits per heavy atom. The summed E-state index contributed by atoms with van der Waals surface area (Å²) in [5.74, 6) is 3.49. The van der Waals surface area contributed by atoms with E-state index in [0.29, 0.717) is 11.7 Å². The number of carbonyl (C=O) groups excluding carboxylic acids is 1. The number of hydrogen-bond acceptors (Lipinski definition) is 1. The van der Waals surface area contributed by atoms with Crippen molar-refractivity contribution in [2.75, 3.05) is 0 Å². The van der Waals surface area contributed by atoms with E-state index in [0.717, 1.165) is 17.8 Å². The molecule has 13 heavy (non-hydrogen) atoms. The number of rotatable bonds is 0. The quantitative estimate of drug-likeness (QED) is 0.557. The molecule has 0 heterocycles. The lowest BCUT2D eigenvalue weighted by molar-refractivity contribution is -0.133. The zero-order valence-corrected chi connectivity index (χ0v) is 8.55. The van der Waals surface area contributed by atoms with E-state index in [-0.39, 0.29) is 5.41 Å². The Labute approximate surface area is 79.9 Å². The Balaban J connectivity index is 2.01. The molecular formula is C12H18O. The summed E-state index contributed by atoms with van der Waals surface area (Å²) in [7, 11) is 0. The van der Waals surface area contributed by atoms with E-state index in [2.05, 4.69) is 13.8 Å². The van der Waals surface area contributed by atoms with Gasteiger partial charge in [0.2, 0.25) is 0 Å². The molecule has 0 radical (unpaired) electrons. The molecule has 3 saturated carbocycles. The minimum absolute atomic E-state index is 0.0240. The van der Waals surface area contributed by atoms with Crippen LogP contribution in [0.25, 0.3) is 0 Å². The van der Waals surface area contributed by atoms with Gasteiger partial charge in [-0.3, -0.25) is 4.79 Å². The maximum atomic E-state index is 12.0. The van der Waals surface area contributed by atoms with Gasteiger partial charge in [0.25, 0.3) is 0 Å². The van der Waals surface area contributed by atoms with Crippen molar-refractivity contribution in [3.05, 3.63) is 0 Å². The van der Waals surface area contributed by atoms with Gasteiger partial charge in [-0.05, 0) is 37.0 Å². The molecule has 3 rings (SSSR count). The molecule has 0 aromatic carbocycles. The zero-order chi connectivity index (χ0) is 9.22. The number of Topliss-reactive ketones (excluding diaryl/α,β-unsaturated/α-hetero) is 1. The Hall–Kier alpha value is -0.330. The van der Waals surface area contributed by atoms with Crippen LogP contribution in [0.1, 0.15) is 39.5 Å². The fraction of sp³-hybridized carbons (Fsp3) is 0.917.